The van der Waals surface area contributed by atoms with Crippen LogP contribution < -0.4 is 5.32 Å². The maximum atomic E-state index is 12.9. The first kappa shape index (κ1) is 25.2. The van der Waals surface area contributed by atoms with Gasteiger partial charge in [0.1, 0.15) is 12.6 Å². The fraction of sp³-hybridized carbons (Fsp3) is 0.357. The Bertz CT molecular complexity index is 1230. The van der Waals surface area contributed by atoms with E-state index >= 15 is 0 Å². The Hall–Kier alpha value is -3.94. The van der Waals surface area contributed by atoms with Crippen molar-refractivity contribution in [2.24, 2.45) is 5.41 Å². The molecule has 1 heterocycles. The van der Waals surface area contributed by atoms with E-state index in [4.69, 9.17) is 9.84 Å². The summed E-state index contributed by atoms with van der Waals surface area (Å²) in [6.07, 6.45) is 2.69. The van der Waals surface area contributed by atoms with Crippen molar-refractivity contribution in [1.82, 2.24) is 15.1 Å². The van der Waals surface area contributed by atoms with Gasteiger partial charge in [-0.3, -0.25) is 14.3 Å². The number of Topliss-reactive ketones (excluding diaryl/α,β-unsaturated/α-hetero) is 1. The lowest BCUT2D eigenvalue weighted by molar-refractivity contribution is -0.137. The molecule has 0 fully saturated rings. The van der Waals surface area contributed by atoms with Gasteiger partial charge in [0.05, 0.1) is 6.20 Å². The Kier molecular flexibility index (Phi) is 7.24. The molecule has 0 spiro atoms. The van der Waals surface area contributed by atoms with E-state index in [-0.39, 0.29) is 37.7 Å². The molecular weight excluding hydrogens is 458 g/mol. The minimum absolute atomic E-state index is 0.0238. The Labute approximate surface area is 210 Å². The summed E-state index contributed by atoms with van der Waals surface area (Å²) in [6, 6.07) is 15.6. The van der Waals surface area contributed by atoms with E-state index in [0.29, 0.717) is 5.56 Å². The van der Waals surface area contributed by atoms with Gasteiger partial charge in [-0.2, -0.15) is 5.10 Å². The molecule has 8 heteroatoms. The highest BCUT2D eigenvalue weighted by molar-refractivity contribution is 5.87. The second-order valence-corrected chi connectivity index (χ2v) is 10.1. The van der Waals surface area contributed by atoms with Crippen LogP contribution in [0.4, 0.5) is 4.79 Å². The quantitative estimate of drug-likeness (QED) is 0.440. The van der Waals surface area contributed by atoms with E-state index in [1.54, 1.807) is 33.2 Å². The van der Waals surface area contributed by atoms with Gasteiger partial charge >= 0.3 is 12.1 Å². The third-order valence-electron chi connectivity index (χ3n) is 6.43. The summed E-state index contributed by atoms with van der Waals surface area (Å²) < 4.78 is 7.06. The lowest BCUT2D eigenvalue weighted by Gasteiger charge is -2.24. The summed E-state index contributed by atoms with van der Waals surface area (Å²) in [4.78, 5) is 36.5. The van der Waals surface area contributed by atoms with Crippen molar-refractivity contribution < 1.29 is 24.2 Å². The van der Waals surface area contributed by atoms with E-state index in [0.717, 1.165) is 22.3 Å². The molecule has 0 saturated heterocycles. The number of alkyl carbamates (subject to hydrolysis) is 1. The topological polar surface area (TPSA) is 111 Å². The number of fused-ring (bicyclic) bond motifs is 3. The van der Waals surface area contributed by atoms with Crippen LogP contribution in [-0.4, -0.2) is 39.3 Å². The van der Waals surface area contributed by atoms with Gasteiger partial charge in [-0.25, -0.2) is 4.79 Å². The van der Waals surface area contributed by atoms with E-state index in [9.17, 15) is 14.4 Å². The molecule has 0 aliphatic heterocycles. The number of aliphatic carboxylic acids is 1. The number of carbonyl (C=O) groups excluding carboxylic acids is 2. The van der Waals surface area contributed by atoms with Gasteiger partial charge in [0.2, 0.25) is 0 Å². The number of rotatable bonds is 9. The molecule has 2 aromatic carbocycles. The highest BCUT2D eigenvalue weighted by Gasteiger charge is 2.32. The molecule has 4 rings (SSSR count). The van der Waals surface area contributed by atoms with Crippen molar-refractivity contribution >= 4 is 17.8 Å². The molecule has 8 nitrogen and oxygen atoms in total. The van der Waals surface area contributed by atoms with Crippen molar-refractivity contribution in [3.05, 3.63) is 77.6 Å². The third kappa shape index (κ3) is 5.48. The number of carboxylic acids is 1. The SMILES string of the molecule is CC(C)(C)C(=O)C(CCC(=O)O)n1cc(CNC(=O)OCC2c3ccccc3-c3ccccc32)cn1. The number of amides is 1. The normalized spacial score (nSPS) is 13.5. The average Bonchev–Trinajstić information content (AvgIpc) is 3.43. The first-order valence-electron chi connectivity index (χ1n) is 12.0. The van der Waals surface area contributed by atoms with E-state index in [1.165, 1.54) is 4.68 Å². The van der Waals surface area contributed by atoms with Crippen molar-refractivity contribution in [3.8, 4) is 11.1 Å². The van der Waals surface area contributed by atoms with Crippen LogP contribution in [0.2, 0.25) is 0 Å². The first-order valence-corrected chi connectivity index (χ1v) is 12.0. The minimum Gasteiger partial charge on any atom is -0.481 e. The minimum atomic E-state index is -0.967. The second kappa shape index (κ2) is 10.4. The van der Waals surface area contributed by atoms with E-state index in [2.05, 4.69) is 34.7 Å². The zero-order valence-corrected chi connectivity index (χ0v) is 20.7. The summed E-state index contributed by atoms with van der Waals surface area (Å²) >= 11 is 0. The molecule has 1 aliphatic carbocycles. The highest BCUT2D eigenvalue weighted by atomic mass is 16.5. The van der Waals surface area contributed by atoms with Gasteiger partial charge in [-0.15, -0.1) is 0 Å². The molecule has 3 aromatic rings. The summed E-state index contributed by atoms with van der Waals surface area (Å²) in [6.45, 7) is 5.78. The van der Waals surface area contributed by atoms with Crippen LogP contribution in [0.1, 0.15) is 62.3 Å². The highest BCUT2D eigenvalue weighted by Crippen LogP contribution is 2.44. The van der Waals surface area contributed by atoms with Gasteiger partial charge in [-0.1, -0.05) is 69.3 Å². The van der Waals surface area contributed by atoms with Crippen LogP contribution in [0.3, 0.4) is 0 Å². The Morgan fingerprint density at radius 2 is 1.67 bits per heavy atom. The first-order chi connectivity index (χ1) is 17.1. The molecule has 0 saturated carbocycles. The summed E-state index contributed by atoms with van der Waals surface area (Å²) in [7, 11) is 0. The Balaban J connectivity index is 1.36. The molecule has 2 N–H and O–H groups in total. The summed E-state index contributed by atoms with van der Waals surface area (Å²) in [5.41, 5.74) is 4.65. The standard InChI is InChI=1S/C28H31N3O5/c1-28(2,3)26(34)24(12-13-25(32)33)31-16-18(15-30-31)14-29-27(35)36-17-23-21-10-6-4-8-19(21)20-9-5-7-11-22(20)23/h4-11,15-16,23-24H,12-14,17H2,1-3H3,(H,29,35)(H,32,33). The van der Waals surface area contributed by atoms with Gasteiger partial charge in [-0.05, 0) is 28.7 Å². The summed E-state index contributed by atoms with van der Waals surface area (Å²) in [5, 5.41) is 16.1. The zero-order chi connectivity index (χ0) is 25.9. The number of nitrogens with zero attached hydrogens (tertiary/aromatic N) is 2. The number of ketones is 1. The molecule has 188 valence electrons. The van der Waals surface area contributed by atoms with E-state index < -0.39 is 23.5 Å². The van der Waals surface area contributed by atoms with Crippen LogP contribution in [0, 0.1) is 5.41 Å². The van der Waals surface area contributed by atoms with Crippen LogP contribution in [0.25, 0.3) is 11.1 Å². The maximum Gasteiger partial charge on any atom is 0.407 e. The molecular formula is C28H31N3O5. The predicted molar refractivity (Wildman–Crippen MR) is 135 cm³/mol. The van der Waals surface area contributed by atoms with Crippen molar-refractivity contribution in [2.75, 3.05) is 6.61 Å². The molecule has 0 bridgehead atoms. The van der Waals surface area contributed by atoms with Crippen LogP contribution >= 0.6 is 0 Å². The van der Waals surface area contributed by atoms with Gasteiger partial charge < -0.3 is 15.2 Å². The molecule has 1 atom stereocenters. The number of ether oxygens (including phenoxy) is 1. The Morgan fingerprint density at radius 1 is 1.06 bits per heavy atom. The number of nitrogens with one attached hydrogen (secondary N) is 1. The van der Waals surface area contributed by atoms with Crippen molar-refractivity contribution in [2.45, 2.75) is 52.1 Å². The van der Waals surface area contributed by atoms with Gasteiger partial charge in [0, 0.05) is 36.1 Å². The molecule has 1 unspecified atom stereocenters. The predicted octanol–water partition coefficient (Wildman–Crippen LogP) is 4.94. The number of aromatic nitrogens is 2. The lowest BCUT2D eigenvalue weighted by Crippen LogP contribution is -2.31. The fourth-order valence-corrected chi connectivity index (χ4v) is 4.61. The largest absolute Gasteiger partial charge is 0.481 e. The van der Waals surface area contributed by atoms with Crippen LogP contribution in [-0.2, 0) is 20.9 Å². The molecule has 1 amide bonds. The number of carboxylic acid groups (broad SMARTS) is 1. The average molecular weight is 490 g/mol. The van der Waals surface area contributed by atoms with Crippen LogP contribution in [0.15, 0.2) is 60.9 Å². The zero-order valence-electron chi connectivity index (χ0n) is 20.7. The number of benzene rings is 2. The fourth-order valence-electron chi connectivity index (χ4n) is 4.61. The number of carbonyl (C=O) groups is 3. The maximum absolute atomic E-state index is 12.9. The van der Waals surface area contributed by atoms with Crippen LogP contribution in [0.5, 0.6) is 0 Å². The van der Waals surface area contributed by atoms with Crippen molar-refractivity contribution in [3.63, 3.8) is 0 Å². The van der Waals surface area contributed by atoms with Gasteiger partial charge in [0.15, 0.2) is 5.78 Å². The number of hydrogen-bond donors (Lipinski definition) is 2. The molecule has 1 aliphatic rings. The monoisotopic (exact) mass is 489 g/mol. The second-order valence-electron chi connectivity index (χ2n) is 10.1. The molecule has 0 radical (unpaired) electrons. The Morgan fingerprint density at radius 3 is 2.25 bits per heavy atom. The summed E-state index contributed by atoms with van der Waals surface area (Å²) in [5.74, 6) is -1.08. The van der Waals surface area contributed by atoms with Gasteiger partial charge in [0.25, 0.3) is 0 Å². The molecule has 1 aromatic heterocycles. The third-order valence-corrected chi connectivity index (χ3v) is 6.43. The van der Waals surface area contributed by atoms with Crippen molar-refractivity contribution in [1.29, 1.82) is 0 Å². The lowest BCUT2D eigenvalue weighted by atomic mass is 9.85. The van der Waals surface area contributed by atoms with E-state index in [1.807, 2.05) is 24.3 Å². The number of hydrogen-bond acceptors (Lipinski definition) is 5. The molecule has 36 heavy (non-hydrogen) atoms. The smallest absolute Gasteiger partial charge is 0.407 e.